The second-order valence-corrected chi connectivity index (χ2v) is 7.29. The highest BCUT2D eigenvalue weighted by Gasteiger charge is 2.65. The first-order valence-electron chi connectivity index (χ1n) is 9.00. The van der Waals surface area contributed by atoms with E-state index in [1.54, 1.807) is 6.92 Å². The number of aliphatic carboxylic acids is 2. The lowest BCUT2D eigenvalue weighted by Gasteiger charge is -2.53. The van der Waals surface area contributed by atoms with Crippen molar-refractivity contribution in [2.75, 3.05) is 0 Å². The average Bonchev–Trinajstić information content (AvgIpc) is 2.57. The molecule has 0 aliphatic heterocycles. The van der Waals surface area contributed by atoms with Crippen molar-refractivity contribution in [1.29, 1.82) is 0 Å². The molecule has 138 valence electrons. The summed E-state index contributed by atoms with van der Waals surface area (Å²) < 4.78 is 0. The van der Waals surface area contributed by atoms with Gasteiger partial charge in [-0.15, -0.1) is 0 Å². The second kappa shape index (κ2) is 7.56. The molecule has 25 heavy (non-hydrogen) atoms. The molecule has 0 spiro atoms. The highest BCUT2D eigenvalue weighted by molar-refractivity contribution is 5.87. The molecule has 1 saturated carbocycles. The number of hydrogen-bond donors (Lipinski definition) is 3. The molecule has 0 saturated heterocycles. The van der Waals surface area contributed by atoms with E-state index >= 15 is 0 Å². The van der Waals surface area contributed by atoms with Crippen LogP contribution in [0.1, 0.15) is 51.5 Å². The number of carboxylic acids is 2. The molecule has 5 nitrogen and oxygen atoms in total. The van der Waals surface area contributed by atoms with Gasteiger partial charge in [-0.1, -0.05) is 50.1 Å². The first-order chi connectivity index (χ1) is 11.8. The maximum atomic E-state index is 12.5. The minimum atomic E-state index is -1.48. The summed E-state index contributed by atoms with van der Waals surface area (Å²) >= 11 is 0. The molecule has 0 radical (unpaired) electrons. The standard InChI is InChI=1S/C20H28O5/c1-3-16(14(2)21)20(18(24)25)12-8-7-11-19(20,17(22)23)13-15-9-5-4-6-10-15/h4-6,9-10,14,16,21H,3,7-8,11-13H2,1-2H3,(H,22,23)(H,24,25). The molecular formula is C20H28O5. The van der Waals surface area contributed by atoms with E-state index < -0.39 is 34.8 Å². The van der Waals surface area contributed by atoms with Crippen LogP contribution in [-0.4, -0.2) is 33.4 Å². The van der Waals surface area contributed by atoms with Crippen LogP contribution in [0, 0.1) is 16.7 Å². The molecule has 2 rings (SSSR count). The Morgan fingerprint density at radius 2 is 1.68 bits per heavy atom. The minimum absolute atomic E-state index is 0.165. The monoisotopic (exact) mass is 348 g/mol. The third kappa shape index (κ3) is 3.17. The summed E-state index contributed by atoms with van der Waals surface area (Å²) in [6.45, 7) is 3.40. The Hall–Kier alpha value is -1.88. The van der Waals surface area contributed by atoms with Gasteiger partial charge in [-0.2, -0.15) is 0 Å². The Bertz CT molecular complexity index is 612. The van der Waals surface area contributed by atoms with Gasteiger partial charge < -0.3 is 15.3 Å². The van der Waals surface area contributed by atoms with Crippen LogP contribution in [0.25, 0.3) is 0 Å². The zero-order valence-corrected chi connectivity index (χ0v) is 14.9. The Kier molecular flexibility index (Phi) is 5.88. The molecule has 1 aromatic rings. The summed E-state index contributed by atoms with van der Waals surface area (Å²) in [5, 5.41) is 30.7. The average molecular weight is 348 g/mol. The number of carboxylic acid groups (broad SMARTS) is 2. The van der Waals surface area contributed by atoms with Gasteiger partial charge in [0.1, 0.15) is 0 Å². The van der Waals surface area contributed by atoms with Crippen molar-refractivity contribution in [3.8, 4) is 0 Å². The van der Waals surface area contributed by atoms with Gasteiger partial charge in [0, 0.05) is 5.92 Å². The van der Waals surface area contributed by atoms with E-state index in [0.29, 0.717) is 25.7 Å². The Labute approximate surface area is 148 Å². The molecule has 1 aromatic carbocycles. The summed E-state index contributed by atoms with van der Waals surface area (Å²) in [6.07, 6.45) is 1.65. The zero-order valence-electron chi connectivity index (χ0n) is 14.9. The predicted molar refractivity (Wildman–Crippen MR) is 94.2 cm³/mol. The molecule has 3 N–H and O–H groups in total. The second-order valence-electron chi connectivity index (χ2n) is 7.29. The molecule has 4 unspecified atom stereocenters. The van der Waals surface area contributed by atoms with Gasteiger partial charge in [0.2, 0.25) is 0 Å². The SMILES string of the molecule is CCC(C(C)O)C1(C(=O)O)CCCCC1(Cc1ccccc1)C(=O)O. The molecule has 1 fully saturated rings. The third-order valence-corrected chi connectivity index (χ3v) is 6.07. The first kappa shape index (κ1) is 19.4. The van der Waals surface area contributed by atoms with Crippen molar-refractivity contribution in [2.45, 2.75) is 58.5 Å². The molecule has 1 aliphatic rings. The molecule has 4 atom stereocenters. The van der Waals surface area contributed by atoms with E-state index in [4.69, 9.17) is 0 Å². The Morgan fingerprint density at radius 1 is 1.08 bits per heavy atom. The van der Waals surface area contributed by atoms with Crippen LogP contribution in [-0.2, 0) is 16.0 Å². The fraction of sp³-hybridized carbons (Fsp3) is 0.600. The van der Waals surface area contributed by atoms with Crippen molar-refractivity contribution in [1.82, 2.24) is 0 Å². The summed E-state index contributed by atoms with van der Waals surface area (Å²) in [5.74, 6) is -2.78. The smallest absolute Gasteiger partial charge is 0.311 e. The van der Waals surface area contributed by atoms with Gasteiger partial charge in [0.15, 0.2) is 0 Å². The molecule has 1 aliphatic carbocycles. The van der Waals surface area contributed by atoms with Gasteiger partial charge >= 0.3 is 11.9 Å². The Morgan fingerprint density at radius 3 is 2.16 bits per heavy atom. The third-order valence-electron chi connectivity index (χ3n) is 6.07. The van der Waals surface area contributed by atoms with Gasteiger partial charge in [0.25, 0.3) is 0 Å². The number of hydrogen-bond acceptors (Lipinski definition) is 3. The van der Waals surface area contributed by atoms with E-state index in [-0.39, 0.29) is 12.8 Å². The van der Waals surface area contributed by atoms with Crippen LogP contribution in [0.2, 0.25) is 0 Å². The molecule has 0 heterocycles. The first-order valence-corrected chi connectivity index (χ1v) is 9.00. The van der Waals surface area contributed by atoms with Crippen molar-refractivity contribution in [3.05, 3.63) is 35.9 Å². The van der Waals surface area contributed by atoms with Gasteiger partial charge in [-0.05, 0) is 38.2 Å². The highest BCUT2D eigenvalue weighted by atomic mass is 16.4. The summed E-state index contributed by atoms with van der Waals surface area (Å²) in [5.41, 5.74) is -2.08. The lowest BCUT2D eigenvalue weighted by molar-refractivity contribution is -0.193. The van der Waals surface area contributed by atoms with Crippen LogP contribution in [0.15, 0.2) is 30.3 Å². The lowest BCUT2D eigenvalue weighted by Crippen LogP contribution is -2.61. The van der Waals surface area contributed by atoms with Crippen LogP contribution in [0.5, 0.6) is 0 Å². The van der Waals surface area contributed by atoms with Crippen LogP contribution in [0.4, 0.5) is 0 Å². The van der Waals surface area contributed by atoms with Gasteiger partial charge in [0.05, 0.1) is 16.9 Å². The lowest BCUT2D eigenvalue weighted by atomic mass is 9.48. The number of benzene rings is 1. The molecular weight excluding hydrogens is 320 g/mol. The Balaban J connectivity index is 2.66. The van der Waals surface area contributed by atoms with E-state index in [2.05, 4.69) is 0 Å². The maximum Gasteiger partial charge on any atom is 0.311 e. The summed E-state index contributed by atoms with van der Waals surface area (Å²) in [6, 6.07) is 9.21. The van der Waals surface area contributed by atoms with Crippen molar-refractivity contribution in [3.63, 3.8) is 0 Å². The van der Waals surface area contributed by atoms with Crippen LogP contribution in [0.3, 0.4) is 0 Å². The van der Waals surface area contributed by atoms with Gasteiger partial charge in [-0.25, -0.2) is 0 Å². The fourth-order valence-electron chi connectivity index (χ4n) is 4.97. The largest absolute Gasteiger partial charge is 0.481 e. The molecule has 0 aromatic heterocycles. The molecule has 5 heteroatoms. The number of carbonyl (C=O) groups is 2. The summed E-state index contributed by atoms with van der Waals surface area (Å²) in [4.78, 5) is 25.0. The quantitative estimate of drug-likeness (QED) is 0.702. The maximum absolute atomic E-state index is 12.5. The fourth-order valence-corrected chi connectivity index (χ4v) is 4.97. The zero-order chi connectivity index (χ0) is 18.7. The summed E-state index contributed by atoms with van der Waals surface area (Å²) in [7, 11) is 0. The van der Waals surface area contributed by atoms with E-state index in [1.165, 1.54) is 0 Å². The number of aliphatic hydroxyl groups is 1. The predicted octanol–water partition coefficient (Wildman–Crippen LogP) is 3.35. The van der Waals surface area contributed by atoms with E-state index in [1.807, 2.05) is 37.3 Å². The van der Waals surface area contributed by atoms with Crippen molar-refractivity contribution in [2.24, 2.45) is 16.7 Å². The highest BCUT2D eigenvalue weighted by Crippen LogP contribution is 2.58. The topological polar surface area (TPSA) is 94.8 Å². The van der Waals surface area contributed by atoms with Crippen molar-refractivity contribution < 1.29 is 24.9 Å². The van der Waals surface area contributed by atoms with Crippen LogP contribution < -0.4 is 0 Å². The number of aliphatic hydroxyl groups excluding tert-OH is 1. The molecule has 0 bridgehead atoms. The van der Waals surface area contributed by atoms with Gasteiger partial charge in [-0.3, -0.25) is 9.59 Å². The number of rotatable bonds is 7. The minimum Gasteiger partial charge on any atom is -0.481 e. The van der Waals surface area contributed by atoms with E-state index in [0.717, 1.165) is 5.56 Å². The van der Waals surface area contributed by atoms with Crippen molar-refractivity contribution >= 4 is 11.9 Å². The van der Waals surface area contributed by atoms with E-state index in [9.17, 15) is 24.9 Å². The normalized spacial score (nSPS) is 28.9. The van der Waals surface area contributed by atoms with Crippen LogP contribution >= 0.6 is 0 Å². The molecule has 0 amide bonds.